The van der Waals surface area contributed by atoms with Gasteiger partial charge in [0.2, 0.25) is 0 Å². The highest BCUT2D eigenvalue weighted by Crippen LogP contribution is 2.44. The van der Waals surface area contributed by atoms with Crippen LogP contribution >= 0.6 is 0 Å². The summed E-state index contributed by atoms with van der Waals surface area (Å²) < 4.78 is 10.9. The molecule has 2 aliphatic heterocycles. The molecule has 1 spiro atoms. The Morgan fingerprint density at radius 2 is 1.89 bits per heavy atom. The molecule has 1 saturated heterocycles. The van der Waals surface area contributed by atoms with Crippen molar-refractivity contribution in [2.75, 3.05) is 18.0 Å². The average molecular weight is 363 g/mol. The van der Waals surface area contributed by atoms with Gasteiger partial charge in [0.15, 0.2) is 17.3 Å². The zero-order valence-corrected chi connectivity index (χ0v) is 14.8. The van der Waals surface area contributed by atoms with Crippen LogP contribution in [0.5, 0.6) is 0 Å². The number of aryl methyl sites for hydroxylation is 1. The van der Waals surface area contributed by atoms with Gasteiger partial charge in [-0.05, 0) is 25.1 Å². The summed E-state index contributed by atoms with van der Waals surface area (Å²) in [6, 6.07) is 11.4. The van der Waals surface area contributed by atoms with E-state index in [0.29, 0.717) is 23.0 Å². The minimum atomic E-state index is -0.515. The number of hydrogen-bond donors (Lipinski definition) is 0. The number of nitrogens with zero attached hydrogens (tertiary/aromatic N) is 5. The van der Waals surface area contributed by atoms with Gasteiger partial charge in [0.1, 0.15) is 5.60 Å². The summed E-state index contributed by atoms with van der Waals surface area (Å²) in [6.07, 6.45) is 1.45. The first-order valence-electron chi connectivity index (χ1n) is 8.87. The number of hydrogen-bond acceptors (Lipinski definition) is 8. The fourth-order valence-electron chi connectivity index (χ4n) is 3.82. The highest BCUT2D eigenvalue weighted by Gasteiger charge is 2.47. The maximum Gasteiger partial charge on any atom is 0.339 e. The molecule has 0 radical (unpaired) electrons. The Kier molecular flexibility index (Phi) is 3.46. The maximum atomic E-state index is 12.2. The first-order chi connectivity index (χ1) is 13.1. The quantitative estimate of drug-likeness (QED) is 0.641. The summed E-state index contributed by atoms with van der Waals surface area (Å²) in [7, 11) is 0. The lowest BCUT2D eigenvalue weighted by Crippen LogP contribution is -2.43. The van der Waals surface area contributed by atoms with Crippen LogP contribution < -0.4 is 4.90 Å². The molecule has 2 aliphatic rings. The molecule has 3 aromatic rings. The van der Waals surface area contributed by atoms with E-state index in [-0.39, 0.29) is 5.97 Å². The normalized spacial score (nSPS) is 17.8. The van der Waals surface area contributed by atoms with Crippen molar-refractivity contribution < 1.29 is 14.1 Å². The predicted octanol–water partition coefficient (Wildman–Crippen LogP) is 2.50. The Morgan fingerprint density at radius 1 is 1.07 bits per heavy atom. The summed E-state index contributed by atoms with van der Waals surface area (Å²) in [5, 5.41) is 12.3. The van der Waals surface area contributed by atoms with Crippen molar-refractivity contribution in [1.82, 2.24) is 20.3 Å². The van der Waals surface area contributed by atoms with Crippen LogP contribution in [0.3, 0.4) is 0 Å². The molecule has 27 heavy (non-hydrogen) atoms. The largest absolute Gasteiger partial charge is 0.450 e. The van der Waals surface area contributed by atoms with E-state index in [1.165, 1.54) is 0 Å². The second kappa shape index (κ2) is 5.87. The van der Waals surface area contributed by atoms with E-state index in [0.717, 1.165) is 37.3 Å². The van der Waals surface area contributed by atoms with Crippen LogP contribution in [0, 0.1) is 6.92 Å². The molecule has 8 heteroatoms. The number of anilines is 1. The van der Waals surface area contributed by atoms with E-state index in [1.807, 2.05) is 36.4 Å². The van der Waals surface area contributed by atoms with Crippen LogP contribution in [0.2, 0.25) is 0 Å². The summed E-state index contributed by atoms with van der Waals surface area (Å²) in [6.45, 7) is 3.22. The smallest absolute Gasteiger partial charge is 0.339 e. The molecule has 0 bridgehead atoms. The van der Waals surface area contributed by atoms with Crippen molar-refractivity contribution in [2.45, 2.75) is 25.4 Å². The molecule has 1 aromatic carbocycles. The van der Waals surface area contributed by atoms with Crippen molar-refractivity contribution in [3.63, 3.8) is 0 Å². The number of fused-ring (bicyclic) bond motifs is 2. The first kappa shape index (κ1) is 15.9. The number of ether oxygens (including phenoxy) is 1. The average Bonchev–Trinajstić information content (AvgIpc) is 3.25. The van der Waals surface area contributed by atoms with Crippen LogP contribution in [-0.2, 0) is 10.3 Å². The van der Waals surface area contributed by atoms with E-state index in [1.54, 1.807) is 6.92 Å². The molecule has 0 unspecified atom stereocenters. The number of aromatic nitrogens is 4. The summed E-state index contributed by atoms with van der Waals surface area (Å²) in [5.41, 5.74) is 1.72. The molecule has 5 rings (SSSR count). The molecule has 0 saturated carbocycles. The Balaban J connectivity index is 1.33. The number of esters is 1. The van der Waals surface area contributed by atoms with Crippen LogP contribution in [0.1, 0.15) is 34.6 Å². The molecule has 8 nitrogen and oxygen atoms in total. The number of carbonyl (C=O) groups is 1. The predicted molar refractivity (Wildman–Crippen MR) is 95.0 cm³/mol. The van der Waals surface area contributed by atoms with Gasteiger partial charge >= 0.3 is 5.97 Å². The molecule has 1 fully saturated rings. The second-order valence-corrected chi connectivity index (χ2v) is 6.84. The SMILES string of the molecule is Cc1noc(-c2ccc(N3CCC4(CC3)OC(=O)c3ccccc34)nn2)n1. The van der Waals surface area contributed by atoms with Crippen molar-refractivity contribution in [2.24, 2.45) is 0 Å². The summed E-state index contributed by atoms with van der Waals surface area (Å²) in [4.78, 5) is 18.5. The zero-order valence-electron chi connectivity index (χ0n) is 14.8. The minimum Gasteiger partial charge on any atom is -0.450 e. The van der Waals surface area contributed by atoms with Crippen LogP contribution in [-0.4, -0.2) is 39.4 Å². The van der Waals surface area contributed by atoms with Crippen LogP contribution in [0.15, 0.2) is 40.9 Å². The Hall–Kier alpha value is -3.29. The summed E-state index contributed by atoms with van der Waals surface area (Å²) in [5.74, 6) is 1.47. The molecule has 0 amide bonds. The lowest BCUT2D eigenvalue weighted by atomic mass is 9.84. The van der Waals surface area contributed by atoms with Gasteiger partial charge in [-0.1, -0.05) is 23.4 Å². The van der Waals surface area contributed by atoms with Crippen molar-refractivity contribution >= 4 is 11.8 Å². The van der Waals surface area contributed by atoms with Gasteiger partial charge in [-0.3, -0.25) is 0 Å². The lowest BCUT2D eigenvalue weighted by molar-refractivity contribution is -0.0211. The van der Waals surface area contributed by atoms with Crippen LogP contribution in [0.4, 0.5) is 5.82 Å². The molecule has 0 N–H and O–H groups in total. The molecule has 0 atom stereocenters. The molecular weight excluding hydrogens is 346 g/mol. The van der Waals surface area contributed by atoms with Gasteiger partial charge < -0.3 is 14.2 Å². The van der Waals surface area contributed by atoms with Gasteiger partial charge in [-0.25, -0.2) is 4.79 Å². The third kappa shape index (κ3) is 2.56. The molecular formula is C19H17N5O3. The van der Waals surface area contributed by atoms with Gasteiger partial charge in [0, 0.05) is 31.5 Å². The number of benzene rings is 1. The number of rotatable bonds is 2. The van der Waals surface area contributed by atoms with Crippen molar-refractivity contribution in [3.8, 4) is 11.6 Å². The van der Waals surface area contributed by atoms with Crippen molar-refractivity contribution in [1.29, 1.82) is 0 Å². The summed E-state index contributed by atoms with van der Waals surface area (Å²) >= 11 is 0. The second-order valence-electron chi connectivity index (χ2n) is 6.84. The Labute approximate surface area is 155 Å². The lowest BCUT2D eigenvalue weighted by Gasteiger charge is -2.38. The zero-order chi connectivity index (χ0) is 18.4. The Bertz CT molecular complexity index is 1010. The van der Waals surface area contributed by atoms with Gasteiger partial charge in [0.05, 0.1) is 5.56 Å². The minimum absolute atomic E-state index is 0.224. The number of piperidine rings is 1. The molecule has 136 valence electrons. The van der Waals surface area contributed by atoms with Gasteiger partial charge in [-0.15, -0.1) is 10.2 Å². The number of carbonyl (C=O) groups excluding carboxylic acids is 1. The third-order valence-electron chi connectivity index (χ3n) is 5.22. The monoisotopic (exact) mass is 363 g/mol. The van der Waals surface area contributed by atoms with Crippen LogP contribution in [0.25, 0.3) is 11.6 Å². The molecule has 2 aromatic heterocycles. The fourth-order valence-corrected chi connectivity index (χ4v) is 3.82. The van der Waals surface area contributed by atoms with E-state index < -0.39 is 5.60 Å². The molecule has 0 aliphatic carbocycles. The fraction of sp³-hybridized carbons (Fsp3) is 0.316. The Morgan fingerprint density at radius 3 is 2.59 bits per heavy atom. The molecule has 4 heterocycles. The highest BCUT2D eigenvalue weighted by atomic mass is 16.6. The van der Waals surface area contributed by atoms with E-state index in [9.17, 15) is 4.79 Å². The van der Waals surface area contributed by atoms with Gasteiger partial charge in [-0.2, -0.15) is 4.98 Å². The van der Waals surface area contributed by atoms with Gasteiger partial charge in [0.25, 0.3) is 5.89 Å². The van der Waals surface area contributed by atoms with E-state index >= 15 is 0 Å². The topological polar surface area (TPSA) is 94.2 Å². The first-order valence-corrected chi connectivity index (χ1v) is 8.87. The van der Waals surface area contributed by atoms with Crippen molar-refractivity contribution in [3.05, 3.63) is 53.3 Å². The highest BCUT2D eigenvalue weighted by molar-refractivity contribution is 5.94. The maximum absolute atomic E-state index is 12.2. The third-order valence-corrected chi connectivity index (χ3v) is 5.22. The van der Waals surface area contributed by atoms with E-state index in [4.69, 9.17) is 9.26 Å². The standard InChI is InChI=1S/C19H17N5O3/c1-12-20-17(27-23-12)15-6-7-16(22-21-15)24-10-8-19(9-11-24)14-5-3-2-4-13(14)18(25)26-19/h2-7H,8-11H2,1H3. The van der Waals surface area contributed by atoms with E-state index in [2.05, 4.69) is 25.2 Å².